The van der Waals surface area contributed by atoms with Crippen LogP contribution in [0.5, 0.6) is 0 Å². The topological polar surface area (TPSA) is 52.7 Å². The van der Waals surface area contributed by atoms with Gasteiger partial charge in [-0.05, 0) is 55.9 Å². The minimum Gasteiger partial charge on any atom is -0.372 e. The highest BCUT2D eigenvalue weighted by Crippen LogP contribution is 2.25. The van der Waals surface area contributed by atoms with Crippen LogP contribution in [0.2, 0.25) is 0 Å². The number of piperidine rings is 1. The summed E-state index contributed by atoms with van der Waals surface area (Å²) in [6.45, 7) is 6.66. The van der Waals surface area contributed by atoms with Gasteiger partial charge in [-0.2, -0.15) is 0 Å². The first-order valence-corrected chi connectivity index (χ1v) is 10.9. The van der Waals surface area contributed by atoms with Crippen molar-refractivity contribution in [2.24, 2.45) is 5.92 Å². The molecule has 1 aliphatic carbocycles. The van der Waals surface area contributed by atoms with Crippen molar-refractivity contribution in [3.8, 4) is 0 Å². The van der Waals surface area contributed by atoms with Crippen molar-refractivity contribution in [3.05, 3.63) is 24.3 Å². The number of carbonyl (C=O) groups is 2. The smallest absolute Gasteiger partial charge is 0.226 e. The molecule has 2 aliphatic rings. The molecule has 1 saturated heterocycles. The van der Waals surface area contributed by atoms with Gasteiger partial charge in [-0.15, -0.1) is 0 Å². The lowest BCUT2D eigenvalue weighted by Gasteiger charge is -2.33. The van der Waals surface area contributed by atoms with Crippen LogP contribution in [0.4, 0.5) is 11.4 Å². The van der Waals surface area contributed by atoms with Crippen molar-refractivity contribution in [1.82, 2.24) is 4.90 Å². The van der Waals surface area contributed by atoms with Gasteiger partial charge >= 0.3 is 0 Å². The summed E-state index contributed by atoms with van der Waals surface area (Å²) in [6.07, 6.45) is 8.59. The SMILES string of the molecule is CC(=O)N(CCC(=O)Nc1ccc(N2CCC(C)CC2)cc1)C1CCCCC1. The Labute approximate surface area is 169 Å². The van der Waals surface area contributed by atoms with E-state index in [4.69, 9.17) is 0 Å². The minimum absolute atomic E-state index is 0.0263. The Balaban J connectivity index is 1.48. The second kappa shape index (κ2) is 9.94. The van der Waals surface area contributed by atoms with Crippen LogP contribution >= 0.6 is 0 Å². The van der Waals surface area contributed by atoms with Crippen LogP contribution in [-0.2, 0) is 9.59 Å². The third kappa shape index (κ3) is 5.73. The molecule has 1 aliphatic heterocycles. The Bertz CT molecular complexity index is 644. The first-order valence-electron chi connectivity index (χ1n) is 10.9. The lowest BCUT2D eigenvalue weighted by Crippen LogP contribution is -2.41. The maximum atomic E-state index is 12.4. The predicted octanol–water partition coefficient (Wildman–Crippen LogP) is 4.43. The van der Waals surface area contributed by atoms with Gasteiger partial charge in [0, 0.05) is 50.4 Å². The Morgan fingerprint density at radius 3 is 2.29 bits per heavy atom. The summed E-state index contributed by atoms with van der Waals surface area (Å²) < 4.78 is 0. The average molecular weight is 386 g/mol. The van der Waals surface area contributed by atoms with Crippen molar-refractivity contribution < 1.29 is 9.59 Å². The highest BCUT2D eigenvalue weighted by molar-refractivity contribution is 5.91. The third-order valence-electron chi connectivity index (χ3n) is 6.30. The highest BCUT2D eigenvalue weighted by atomic mass is 16.2. The second-order valence-corrected chi connectivity index (χ2v) is 8.52. The fraction of sp³-hybridized carbons (Fsp3) is 0.652. The minimum atomic E-state index is -0.0263. The number of nitrogens with one attached hydrogen (secondary N) is 1. The number of hydrogen-bond donors (Lipinski definition) is 1. The highest BCUT2D eigenvalue weighted by Gasteiger charge is 2.23. The molecule has 2 amide bonds. The van der Waals surface area contributed by atoms with Crippen molar-refractivity contribution in [2.45, 2.75) is 71.3 Å². The maximum Gasteiger partial charge on any atom is 0.226 e. The lowest BCUT2D eigenvalue weighted by molar-refractivity contribution is -0.132. The molecular weight excluding hydrogens is 350 g/mol. The molecule has 0 spiro atoms. The Hall–Kier alpha value is -2.04. The molecule has 154 valence electrons. The van der Waals surface area contributed by atoms with E-state index in [1.54, 1.807) is 6.92 Å². The van der Waals surface area contributed by atoms with Crippen LogP contribution in [0, 0.1) is 5.92 Å². The summed E-state index contributed by atoms with van der Waals surface area (Å²) in [7, 11) is 0. The zero-order chi connectivity index (χ0) is 19.9. The van der Waals surface area contributed by atoms with Gasteiger partial charge in [-0.25, -0.2) is 0 Å². The molecule has 3 rings (SSSR count). The molecule has 0 aromatic heterocycles. The molecule has 0 unspecified atom stereocenters. The standard InChI is InChI=1S/C23H35N3O2/c1-18-12-15-25(16-13-18)21-10-8-20(9-11-21)24-23(28)14-17-26(19(2)27)22-6-4-3-5-7-22/h8-11,18,22H,3-7,12-17H2,1-2H3,(H,24,28). The van der Waals surface area contributed by atoms with Gasteiger partial charge in [0.2, 0.25) is 11.8 Å². The average Bonchev–Trinajstić information content (AvgIpc) is 2.70. The van der Waals surface area contributed by atoms with Crippen LogP contribution in [0.1, 0.15) is 65.2 Å². The molecule has 5 heteroatoms. The van der Waals surface area contributed by atoms with Gasteiger partial charge in [-0.1, -0.05) is 26.2 Å². The third-order valence-corrected chi connectivity index (χ3v) is 6.30. The number of anilines is 2. The molecule has 1 aromatic carbocycles. The second-order valence-electron chi connectivity index (χ2n) is 8.52. The van der Waals surface area contributed by atoms with Crippen LogP contribution in [0.15, 0.2) is 24.3 Å². The molecule has 0 bridgehead atoms. The Morgan fingerprint density at radius 1 is 1.04 bits per heavy atom. The van der Waals surface area contributed by atoms with Crippen LogP contribution in [0.3, 0.4) is 0 Å². The summed E-state index contributed by atoms with van der Waals surface area (Å²) in [4.78, 5) is 28.7. The number of rotatable bonds is 6. The fourth-order valence-electron chi connectivity index (χ4n) is 4.46. The molecule has 1 N–H and O–H groups in total. The van der Waals surface area contributed by atoms with Gasteiger partial charge in [0.25, 0.3) is 0 Å². The summed E-state index contributed by atoms with van der Waals surface area (Å²) in [5, 5.41) is 2.98. The van der Waals surface area contributed by atoms with Crippen molar-refractivity contribution in [1.29, 1.82) is 0 Å². The number of nitrogens with zero attached hydrogens (tertiary/aromatic N) is 2. The van der Waals surface area contributed by atoms with Crippen LogP contribution in [0.25, 0.3) is 0 Å². The molecule has 0 radical (unpaired) electrons. The van der Waals surface area contributed by atoms with Crippen molar-refractivity contribution >= 4 is 23.2 Å². The predicted molar refractivity (Wildman–Crippen MR) is 115 cm³/mol. The number of carbonyl (C=O) groups excluding carboxylic acids is 2. The van der Waals surface area contributed by atoms with E-state index < -0.39 is 0 Å². The van der Waals surface area contributed by atoms with E-state index >= 15 is 0 Å². The number of benzene rings is 1. The van der Waals surface area contributed by atoms with E-state index in [-0.39, 0.29) is 11.8 Å². The van der Waals surface area contributed by atoms with Crippen molar-refractivity contribution in [2.75, 3.05) is 29.9 Å². The van der Waals surface area contributed by atoms with Crippen LogP contribution in [-0.4, -0.2) is 42.4 Å². The van der Waals surface area contributed by atoms with E-state index in [9.17, 15) is 9.59 Å². The fourth-order valence-corrected chi connectivity index (χ4v) is 4.46. The number of hydrogen-bond acceptors (Lipinski definition) is 3. The molecule has 0 atom stereocenters. The van der Waals surface area contributed by atoms with Gasteiger partial charge in [0.05, 0.1) is 0 Å². The normalized spacial score (nSPS) is 18.7. The molecule has 1 aromatic rings. The summed E-state index contributed by atoms with van der Waals surface area (Å²) in [5.41, 5.74) is 2.05. The van der Waals surface area contributed by atoms with Gasteiger partial charge in [0.1, 0.15) is 0 Å². The molecule has 1 saturated carbocycles. The zero-order valence-corrected chi connectivity index (χ0v) is 17.5. The van der Waals surface area contributed by atoms with E-state index in [0.29, 0.717) is 19.0 Å². The van der Waals surface area contributed by atoms with E-state index in [1.807, 2.05) is 17.0 Å². The Kier molecular flexibility index (Phi) is 7.35. The number of amides is 2. The monoisotopic (exact) mass is 385 g/mol. The van der Waals surface area contributed by atoms with Crippen molar-refractivity contribution in [3.63, 3.8) is 0 Å². The molecular formula is C23H35N3O2. The lowest BCUT2D eigenvalue weighted by atomic mass is 9.94. The molecule has 2 fully saturated rings. The quantitative estimate of drug-likeness (QED) is 0.788. The van der Waals surface area contributed by atoms with Gasteiger partial charge < -0.3 is 15.1 Å². The summed E-state index contributed by atoms with van der Waals surface area (Å²) >= 11 is 0. The molecule has 1 heterocycles. The first-order chi connectivity index (χ1) is 13.5. The maximum absolute atomic E-state index is 12.4. The van der Waals surface area contributed by atoms with Gasteiger partial charge in [-0.3, -0.25) is 9.59 Å². The zero-order valence-electron chi connectivity index (χ0n) is 17.5. The molecule has 5 nitrogen and oxygen atoms in total. The van der Waals surface area contributed by atoms with E-state index in [0.717, 1.165) is 37.5 Å². The molecule has 28 heavy (non-hydrogen) atoms. The van der Waals surface area contributed by atoms with Gasteiger partial charge in [0.15, 0.2) is 0 Å². The first kappa shape index (κ1) is 20.7. The Morgan fingerprint density at radius 2 is 1.68 bits per heavy atom. The largest absolute Gasteiger partial charge is 0.372 e. The van der Waals surface area contributed by atoms with E-state index in [1.165, 1.54) is 37.8 Å². The van der Waals surface area contributed by atoms with Crippen LogP contribution < -0.4 is 10.2 Å². The van der Waals surface area contributed by atoms with E-state index in [2.05, 4.69) is 29.3 Å². The summed E-state index contributed by atoms with van der Waals surface area (Å²) in [5.74, 6) is 0.875. The summed E-state index contributed by atoms with van der Waals surface area (Å²) in [6, 6.07) is 8.46.